The van der Waals surface area contributed by atoms with Crippen LogP contribution < -0.4 is 10.6 Å². The lowest BCUT2D eigenvalue weighted by Crippen LogP contribution is -2.43. The van der Waals surface area contributed by atoms with Crippen molar-refractivity contribution in [2.75, 3.05) is 26.7 Å². The first kappa shape index (κ1) is 22.8. The summed E-state index contributed by atoms with van der Waals surface area (Å²) in [5.41, 5.74) is 2.49. The van der Waals surface area contributed by atoms with Gasteiger partial charge in [-0.15, -0.1) is 0 Å². The summed E-state index contributed by atoms with van der Waals surface area (Å²) in [7, 11) is 1.73. The molecule has 0 radical (unpaired) electrons. The molecule has 0 spiro atoms. The van der Waals surface area contributed by atoms with Gasteiger partial charge in [-0.2, -0.15) is 0 Å². The van der Waals surface area contributed by atoms with Crippen molar-refractivity contribution >= 4 is 11.9 Å². The Labute approximate surface area is 184 Å². The molecule has 5 nitrogen and oxygen atoms in total. The summed E-state index contributed by atoms with van der Waals surface area (Å²) in [6.45, 7) is 7.06. The SMILES string of the molecule is CN=C(NCc1ccc(C(=O)N2CCCCC2)cc1)NCC(C)(C)c1cccc(F)c1. The number of likely N-dealkylation sites (tertiary alicyclic amines) is 1. The van der Waals surface area contributed by atoms with Crippen LogP contribution in [0.4, 0.5) is 4.39 Å². The number of benzene rings is 2. The minimum Gasteiger partial charge on any atom is -0.356 e. The minimum absolute atomic E-state index is 0.122. The fraction of sp³-hybridized carbons (Fsp3) is 0.440. The Morgan fingerprint density at radius 1 is 1.06 bits per heavy atom. The first-order valence-electron chi connectivity index (χ1n) is 11.0. The Balaban J connectivity index is 1.51. The number of guanidine groups is 1. The molecular weight excluding hydrogens is 391 g/mol. The van der Waals surface area contributed by atoms with E-state index in [1.165, 1.54) is 12.5 Å². The molecule has 2 N–H and O–H groups in total. The van der Waals surface area contributed by atoms with Gasteiger partial charge in [-0.25, -0.2) is 4.39 Å². The smallest absolute Gasteiger partial charge is 0.253 e. The highest BCUT2D eigenvalue weighted by molar-refractivity contribution is 5.94. The van der Waals surface area contributed by atoms with Gasteiger partial charge in [-0.05, 0) is 54.7 Å². The molecule has 0 unspecified atom stereocenters. The number of amides is 1. The summed E-state index contributed by atoms with van der Waals surface area (Å²) in [4.78, 5) is 18.8. The molecule has 1 amide bonds. The second-order valence-electron chi connectivity index (χ2n) is 8.72. The quantitative estimate of drug-likeness (QED) is 0.542. The molecule has 1 heterocycles. The van der Waals surface area contributed by atoms with Gasteiger partial charge in [0, 0.05) is 44.2 Å². The Morgan fingerprint density at radius 2 is 1.77 bits per heavy atom. The van der Waals surface area contributed by atoms with Gasteiger partial charge < -0.3 is 15.5 Å². The average Bonchev–Trinajstić information content (AvgIpc) is 2.79. The number of rotatable bonds is 6. The van der Waals surface area contributed by atoms with Crippen LogP contribution in [-0.4, -0.2) is 43.4 Å². The zero-order chi connectivity index (χ0) is 22.3. The zero-order valence-corrected chi connectivity index (χ0v) is 18.7. The van der Waals surface area contributed by atoms with Gasteiger partial charge in [0.15, 0.2) is 5.96 Å². The fourth-order valence-corrected chi connectivity index (χ4v) is 3.77. The molecule has 0 aromatic heterocycles. The third kappa shape index (κ3) is 6.29. The van der Waals surface area contributed by atoms with E-state index in [0.717, 1.165) is 42.6 Å². The van der Waals surface area contributed by atoms with Crippen molar-refractivity contribution in [1.82, 2.24) is 15.5 Å². The molecule has 1 aliphatic heterocycles. The molecule has 166 valence electrons. The van der Waals surface area contributed by atoms with Crippen LogP contribution in [0, 0.1) is 5.82 Å². The highest BCUT2D eigenvalue weighted by Crippen LogP contribution is 2.22. The molecule has 1 aliphatic rings. The number of halogens is 1. The number of hydrogen-bond acceptors (Lipinski definition) is 2. The predicted molar refractivity (Wildman–Crippen MR) is 124 cm³/mol. The molecule has 6 heteroatoms. The summed E-state index contributed by atoms with van der Waals surface area (Å²) in [5, 5.41) is 6.63. The standard InChI is InChI=1S/C25H33FN4O/c1-25(2,21-8-7-9-22(26)16-21)18-29-24(27-3)28-17-19-10-12-20(13-11-19)23(31)30-14-5-4-6-15-30/h7-13,16H,4-6,14-15,17-18H2,1-3H3,(H2,27,28,29). The molecule has 0 saturated carbocycles. The van der Waals surface area contributed by atoms with Crippen molar-refractivity contribution in [3.05, 3.63) is 71.0 Å². The number of nitrogens with one attached hydrogen (secondary N) is 2. The van der Waals surface area contributed by atoms with Crippen molar-refractivity contribution in [3.63, 3.8) is 0 Å². The third-order valence-electron chi connectivity index (χ3n) is 5.83. The molecule has 1 saturated heterocycles. The van der Waals surface area contributed by atoms with Gasteiger partial charge in [0.25, 0.3) is 5.91 Å². The van der Waals surface area contributed by atoms with E-state index in [2.05, 4.69) is 29.5 Å². The van der Waals surface area contributed by atoms with E-state index in [0.29, 0.717) is 19.0 Å². The largest absolute Gasteiger partial charge is 0.356 e. The van der Waals surface area contributed by atoms with Crippen LogP contribution >= 0.6 is 0 Å². The number of nitrogens with zero attached hydrogens (tertiary/aromatic N) is 2. The number of piperidine rings is 1. The summed E-state index contributed by atoms with van der Waals surface area (Å²) >= 11 is 0. The summed E-state index contributed by atoms with van der Waals surface area (Å²) in [5.74, 6) is 0.574. The number of carbonyl (C=O) groups is 1. The molecule has 2 aromatic rings. The first-order valence-corrected chi connectivity index (χ1v) is 11.0. The number of aliphatic imine (C=N–C) groups is 1. The van der Waals surface area contributed by atoms with Crippen LogP contribution in [0.25, 0.3) is 0 Å². The van der Waals surface area contributed by atoms with Crippen molar-refractivity contribution in [2.45, 2.75) is 45.1 Å². The van der Waals surface area contributed by atoms with E-state index < -0.39 is 0 Å². The number of carbonyl (C=O) groups excluding carboxylic acids is 1. The van der Waals surface area contributed by atoms with Gasteiger partial charge in [0.1, 0.15) is 5.82 Å². The molecule has 2 aromatic carbocycles. The van der Waals surface area contributed by atoms with Crippen LogP contribution in [0.1, 0.15) is 54.6 Å². The minimum atomic E-state index is -0.254. The van der Waals surface area contributed by atoms with E-state index in [1.54, 1.807) is 19.2 Å². The molecular formula is C25H33FN4O. The van der Waals surface area contributed by atoms with Gasteiger partial charge in [0.2, 0.25) is 0 Å². The van der Waals surface area contributed by atoms with E-state index in [1.807, 2.05) is 35.2 Å². The maximum absolute atomic E-state index is 13.6. The summed E-state index contributed by atoms with van der Waals surface area (Å²) in [6, 6.07) is 14.5. The van der Waals surface area contributed by atoms with Crippen molar-refractivity contribution in [3.8, 4) is 0 Å². The van der Waals surface area contributed by atoms with Crippen LogP contribution in [0.5, 0.6) is 0 Å². The van der Waals surface area contributed by atoms with E-state index in [9.17, 15) is 9.18 Å². The van der Waals surface area contributed by atoms with Gasteiger partial charge in [-0.1, -0.05) is 38.1 Å². The predicted octanol–water partition coefficient (Wildman–Crippen LogP) is 4.09. The van der Waals surface area contributed by atoms with Crippen LogP contribution in [0.15, 0.2) is 53.5 Å². The molecule has 31 heavy (non-hydrogen) atoms. The molecule has 0 atom stereocenters. The van der Waals surface area contributed by atoms with Gasteiger partial charge in [-0.3, -0.25) is 9.79 Å². The Morgan fingerprint density at radius 3 is 2.42 bits per heavy atom. The summed E-state index contributed by atoms with van der Waals surface area (Å²) in [6.07, 6.45) is 3.40. The van der Waals surface area contributed by atoms with E-state index in [-0.39, 0.29) is 17.1 Å². The Kier molecular flexibility index (Phi) is 7.66. The zero-order valence-electron chi connectivity index (χ0n) is 18.7. The molecule has 0 bridgehead atoms. The molecule has 0 aliphatic carbocycles. The molecule has 1 fully saturated rings. The first-order chi connectivity index (χ1) is 14.9. The normalized spacial score (nSPS) is 15.0. The maximum atomic E-state index is 13.6. The monoisotopic (exact) mass is 424 g/mol. The lowest BCUT2D eigenvalue weighted by atomic mass is 9.84. The highest BCUT2D eigenvalue weighted by atomic mass is 19.1. The maximum Gasteiger partial charge on any atom is 0.253 e. The third-order valence-corrected chi connectivity index (χ3v) is 5.83. The van der Waals surface area contributed by atoms with Gasteiger partial charge in [0.05, 0.1) is 0 Å². The highest BCUT2D eigenvalue weighted by Gasteiger charge is 2.21. The second kappa shape index (κ2) is 10.4. The van der Waals surface area contributed by atoms with E-state index in [4.69, 9.17) is 0 Å². The van der Waals surface area contributed by atoms with Crippen molar-refractivity contribution in [1.29, 1.82) is 0 Å². The lowest BCUT2D eigenvalue weighted by molar-refractivity contribution is 0.0724. The molecule has 3 rings (SSSR count). The topological polar surface area (TPSA) is 56.7 Å². The van der Waals surface area contributed by atoms with Crippen molar-refractivity contribution in [2.24, 2.45) is 4.99 Å². The number of hydrogen-bond donors (Lipinski definition) is 2. The lowest BCUT2D eigenvalue weighted by Gasteiger charge is -2.27. The van der Waals surface area contributed by atoms with Crippen molar-refractivity contribution < 1.29 is 9.18 Å². The fourth-order valence-electron chi connectivity index (χ4n) is 3.77. The van der Waals surface area contributed by atoms with Crippen LogP contribution in [0.2, 0.25) is 0 Å². The summed E-state index contributed by atoms with van der Waals surface area (Å²) < 4.78 is 13.6. The van der Waals surface area contributed by atoms with Crippen LogP contribution in [-0.2, 0) is 12.0 Å². The second-order valence-corrected chi connectivity index (χ2v) is 8.72. The average molecular weight is 425 g/mol. The Hall–Kier alpha value is -2.89. The van der Waals surface area contributed by atoms with Crippen LogP contribution in [0.3, 0.4) is 0 Å². The Bertz CT molecular complexity index is 902. The van der Waals surface area contributed by atoms with Gasteiger partial charge >= 0.3 is 0 Å². The van der Waals surface area contributed by atoms with E-state index >= 15 is 0 Å².